The molecule has 1 atom stereocenters. The van der Waals surface area contributed by atoms with E-state index < -0.39 is 11.7 Å². The Balaban J connectivity index is 2.19. The molecule has 1 unspecified atom stereocenters. The summed E-state index contributed by atoms with van der Waals surface area (Å²) in [6.45, 7) is 2.94. The largest absolute Gasteiger partial charge is 0.417 e. The summed E-state index contributed by atoms with van der Waals surface area (Å²) >= 11 is 0. The van der Waals surface area contributed by atoms with Crippen molar-refractivity contribution in [2.45, 2.75) is 19.5 Å². The highest BCUT2D eigenvalue weighted by Crippen LogP contribution is 2.29. The van der Waals surface area contributed by atoms with Crippen LogP contribution >= 0.6 is 0 Å². The molecule has 2 heterocycles. The zero-order chi connectivity index (χ0) is 12.5. The Hall–Kier alpha value is -1.52. The Morgan fingerprint density at radius 3 is 2.59 bits per heavy atom. The topological polar surface area (TPSA) is 24.9 Å². The number of halogens is 3. The molecule has 0 aliphatic carbocycles. The first-order valence-electron chi connectivity index (χ1n) is 5.44. The molecule has 92 valence electrons. The van der Waals surface area contributed by atoms with Gasteiger partial charge in [-0.05, 0) is 24.5 Å². The highest BCUT2D eigenvalue weighted by atomic mass is 19.4. The molecule has 5 heteroatoms. The molecule has 0 spiro atoms. The van der Waals surface area contributed by atoms with E-state index in [0.29, 0.717) is 11.6 Å². The number of alkyl halides is 3. The van der Waals surface area contributed by atoms with Crippen LogP contribution in [0.2, 0.25) is 0 Å². The first-order chi connectivity index (χ1) is 7.97. The second kappa shape index (κ2) is 4.39. The first kappa shape index (κ1) is 12.0. The number of rotatable bonds is 1. The summed E-state index contributed by atoms with van der Waals surface area (Å²) in [6, 6.07) is 2.46. The van der Waals surface area contributed by atoms with Crippen LogP contribution in [-0.4, -0.2) is 11.5 Å². The lowest BCUT2D eigenvalue weighted by atomic mass is 10.0. The van der Waals surface area contributed by atoms with Gasteiger partial charge in [-0.3, -0.25) is 4.98 Å². The summed E-state index contributed by atoms with van der Waals surface area (Å²) < 4.78 is 37.0. The van der Waals surface area contributed by atoms with E-state index in [1.807, 2.05) is 6.08 Å². The van der Waals surface area contributed by atoms with Gasteiger partial charge in [0.25, 0.3) is 0 Å². The Labute approximate surface area is 97.6 Å². The third-order valence-electron chi connectivity index (χ3n) is 2.73. The van der Waals surface area contributed by atoms with Gasteiger partial charge in [0, 0.05) is 12.7 Å². The Morgan fingerprint density at radius 1 is 1.35 bits per heavy atom. The molecule has 0 saturated heterocycles. The fraction of sp³-hybridized carbons (Fsp3) is 0.417. The molecule has 0 fully saturated rings. The lowest BCUT2D eigenvalue weighted by molar-refractivity contribution is -0.137. The van der Waals surface area contributed by atoms with E-state index in [9.17, 15) is 13.2 Å². The summed E-state index contributed by atoms with van der Waals surface area (Å²) in [5.74, 6) is 0.549. The minimum absolute atomic E-state index is 0.549. The van der Waals surface area contributed by atoms with Crippen molar-refractivity contribution in [2.75, 3.05) is 6.54 Å². The molecule has 0 amide bonds. The zero-order valence-electron chi connectivity index (χ0n) is 9.38. The van der Waals surface area contributed by atoms with Crippen LogP contribution in [0.15, 0.2) is 24.4 Å². The van der Waals surface area contributed by atoms with Crippen LogP contribution in [-0.2, 0) is 6.18 Å². The van der Waals surface area contributed by atoms with Crippen molar-refractivity contribution in [2.24, 2.45) is 5.92 Å². The van der Waals surface area contributed by atoms with E-state index in [1.165, 1.54) is 6.07 Å². The third-order valence-corrected chi connectivity index (χ3v) is 2.73. The van der Waals surface area contributed by atoms with Gasteiger partial charge in [0.2, 0.25) is 0 Å². The normalized spacial score (nSPS) is 20.7. The van der Waals surface area contributed by atoms with Crippen molar-refractivity contribution in [3.05, 3.63) is 35.7 Å². The molecule has 0 aromatic carbocycles. The van der Waals surface area contributed by atoms with Crippen LogP contribution < -0.4 is 5.32 Å². The highest BCUT2D eigenvalue weighted by molar-refractivity contribution is 5.61. The molecule has 1 aliphatic rings. The zero-order valence-corrected chi connectivity index (χ0v) is 9.38. The fourth-order valence-electron chi connectivity index (χ4n) is 1.67. The average Bonchev–Trinajstić information content (AvgIpc) is 2.29. The van der Waals surface area contributed by atoms with Crippen molar-refractivity contribution in [1.82, 2.24) is 10.3 Å². The van der Waals surface area contributed by atoms with Gasteiger partial charge in [-0.2, -0.15) is 13.2 Å². The third kappa shape index (κ3) is 2.78. The van der Waals surface area contributed by atoms with Gasteiger partial charge in [0.1, 0.15) is 0 Å². The summed E-state index contributed by atoms with van der Waals surface area (Å²) in [5, 5.41) is 3.16. The maximum atomic E-state index is 12.3. The first-order valence-corrected chi connectivity index (χ1v) is 5.44. The quantitative estimate of drug-likeness (QED) is 0.818. The van der Waals surface area contributed by atoms with Crippen molar-refractivity contribution < 1.29 is 13.2 Å². The lowest BCUT2D eigenvalue weighted by Crippen LogP contribution is -2.24. The smallest absolute Gasteiger partial charge is 0.383 e. The van der Waals surface area contributed by atoms with Crippen molar-refractivity contribution in [1.29, 1.82) is 0 Å². The van der Waals surface area contributed by atoms with E-state index >= 15 is 0 Å². The number of nitrogens with one attached hydrogen (secondary N) is 1. The molecule has 1 aromatic heterocycles. The van der Waals surface area contributed by atoms with Gasteiger partial charge < -0.3 is 5.32 Å². The van der Waals surface area contributed by atoms with E-state index in [-0.39, 0.29) is 0 Å². The molecule has 0 radical (unpaired) electrons. The molecule has 0 saturated carbocycles. The Morgan fingerprint density at radius 2 is 2.12 bits per heavy atom. The van der Waals surface area contributed by atoms with Crippen LogP contribution in [0.5, 0.6) is 0 Å². The fourth-order valence-corrected chi connectivity index (χ4v) is 1.67. The average molecular weight is 242 g/mol. The van der Waals surface area contributed by atoms with E-state index in [0.717, 1.165) is 30.9 Å². The Bertz CT molecular complexity index is 420. The van der Waals surface area contributed by atoms with Crippen LogP contribution in [0.25, 0.3) is 5.70 Å². The van der Waals surface area contributed by atoms with Gasteiger partial charge in [0.05, 0.1) is 17.0 Å². The van der Waals surface area contributed by atoms with Gasteiger partial charge in [-0.25, -0.2) is 0 Å². The highest BCUT2D eigenvalue weighted by Gasteiger charge is 2.30. The summed E-state index contributed by atoms with van der Waals surface area (Å²) in [7, 11) is 0. The van der Waals surface area contributed by atoms with Crippen LogP contribution in [0, 0.1) is 5.92 Å². The summed E-state index contributed by atoms with van der Waals surface area (Å²) in [5.41, 5.74) is 0.660. The van der Waals surface area contributed by atoms with Crippen LogP contribution in [0.4, 0.5) is 13.2 Å². The van der Waals surface area contributed by atoms with Gasteiger partial charge >= 0.3 is 6.18 Å². The molecule has 2 rings (SSSR count). The second-order valence-corrected chi connectivity index (χ2v) is 4.27. The van der Waals surface area contributed by atoms with Crippen molar-refractivity contribution in [3.63, 3.8) is 0 Å². The van der Waals surface area contributed by atoms with Gasteiger partial charge in [-0.15, -0.1) is 0 Å². The van der Waals surface area contributed by atoms with Gasteiger partial charge in [0.15, 0.2) is 0 Å². The minimum Gasteiger partial charge on any atom is -0.383 e. The maximum Gasteiger partial charge on any atom is 0.417 e. The molecule has 17 heavy (non-hydrogen) atoms. The van der Waals surface area contributed by atoms with Crippen molar-refractivity contribution in [3.8, 4) is 0 Å². The Kier molecular flexibility index (Phi) is 3.09. The van der Waals surface area contributed by atoms with Crippen LogP contribution in [0.1, 0.15) is 24.6 Å². The molecule has 1 N–H and O–H groups in total. The molecule has 1 aliphatic heterocycles. The predicted octanol–water partition coefficient (Wildman–Crippen LogP) is 3.07. The van der Waals surface area contributed by atoms with Crippen molar-refractivity contribution >= 4 is 5.70 Å². The number of aromatic nitrogens is 1. The SMILES string of the molecule is CC1CC=C(c2ccc(C(F)(F)F)cn2)NC1. The monoisotopic (exact) mass is 242 g/mol. The predicted molar refractivity (Wildman–Crippen MR) is 59.0 cm³/mol. The number of allylic oxidation sites excluding steroid dienone is 1. The summed E-state index contributed by atoms with van der Waals surface area (Å²) in [6.07, 6.45) is -0.556. The van der Waals surface area contributed by atoms with Gasteiger partial charge in [-0.1, -0.05) is 13.0 Å². The maximum absolute atomic E-state index is 12.3. The minimum atomic E-state index is -4.32. The van der Waals surface area contributed by atoms with E-state index in [4.69, 9.17) is 0 Å². The lowest BCUT2D eigenvalue weighted by Gasteiger charge is -2.20. The van der Waals surface area contributed by atoms with Crippen LogP contribution in [0.3, 0.4) is 0 Å². The second-order valence-electron chi connectivity index (χ2n) is 4.27. The van der Waals surface area contributed by atoms with E-state index in [1.54, 1.807) is 0 Å². The number of nitrogens with zero attached hydrogens (tertiary/aromatic N) is 1. The number of pyridine rings is 1. The molecule has 2 nitrogen and oxygen atoms in total. The standard InChI is InChI=1S/C12H13F3N2/c1-8-2-4-10(16-6-8)11-5-3-9(7-17-11)12(13,14)15/h3-5,7-8,16H,2,6H2,1H3. The molecular formula is C12H13F3N2. The molecule has 1 aromatic rings. The number of hydrogen-bond acceptors (Lipinski definition) is 2. The molecule has 0 bridgehead atoms. The summed E-state index contributed by atoms with van der Waals surface area (Å²) in [4.78, 5) is 3.84. The van der Waals surface area contributed by atoms with E-state index in [2.05, 4.69) is 17.2 Å². The number of hydrogen-bond donors (Lipinski definition) is 1. The molecular weight excluding hydrogens is 229 g/mol.